The fourth-order valence-electron chi connectivity index (χ4n) is 3.47. The Balaban J connectivity index is 2.18. The van der Waals surface area contributed by atoms with Gasteiger partial charge in [-0.3, -0.25) is 4.79 Å². The predicted molar refractivity (Wildman–Crippen MR) is 124 cm³/mol. The van der Waals surface area contributed by atoms with E-state index in [1.54, 1.807) is 12.1 Å². The zero-order valence-corrected chi connectivity index (χ0v) is 19.5. The molecule has 0 aliphatic heterocycles. The Hall–Kier alpha value is -2.49. The lowest BCUT2D eigenvalue weighted by Crippen LogP contribution is -2.47. The third kappa shape index (κ3) is 5.78. The van der Waals surface area contributed by atoms with E-state index in [1.807, 2.05) is 42.5 Å². The van der Waals surface area contributed by atoms with E-state index in [2.05, 4.69) is 58.7 Å². The molecular formula is C26H36N2O2. The summed E-state index contributed by atoms with van der Waals surface area (Å²) in [6.07, 6.45) is 2.69. The summed E-state index contributed by atoms with van der Waals surface area (Å²) in [5.74, 6) is 0.362. The minimum atomic E-state index is -0.590. The fraction of sp³-hybridized carbons (Fsp3) is 0.500. The van der Waals surface area contributed by atoms with E-state index in [9.17, 15) is 4.79 Å². The standard InChI is InChI=1S/C26H36N2O2/c1-8-24(3,4)19-26(7,25(5,6)9-2)23(29)30-22-17-15-21(16-18-22)28-27-20-13-11-10-12-14-20/h10-18H,8-9,19H2,1-7H3. The minimum absolute atomic E-state index is 0.0574. The van der Waals surface area contributed by atoms with E-state index < -0.39 is 5.41 Å². The number of hydrogen-bond donors (Lipinski definition) is 0. The van der Waals surface area contributed by atoms with Crippen molar-refractivity contribution < 1.29 is 9.53 Å². The van der Waals surface area contributed by atoms with Crippen molar-refractivity contribution in [1.29, 1.82) is 0 Å². The van der Waals surface area contributed by atoms with Crippen LogP contribution in [-0.4, -0.2) is 5.97 Å². The van der Waals surface area contributed by atoms with Crippen LogP contribution >= 0.6 is 0 Å². The second-order valence-electron chi connectivity index (χ2n) is 9.68. The highest BCUT2D eigenvalue weighted by Gasteiger charge is 2.49. The van der Waals surface area contributed by atoms with Crippen LogP contribution in [0.25, 0.3) is 0 Å². The predicted octanol–water partition coefficient (Wildman–Crippen LogP) is 8.28. The van der Waals surface area contributed by atoms with Gasteiger partial charge in [-0.05, 0) is 67.0 Å². The van der Waals surface area contributed by atoms with Gasteiger partial charge in [0.25, 0.3) is 0 Å². The SMILES string of the molecule is CCC(C)(C)CC(C)(C(=O)Oc1ccc(N=Nc2ccccc2)cc1)C(C)(C)CC. The zero-order chi connectivity index (χ0) is 22.4. The highest BCUT2D eigenvalue weighted by molar-refractivity contribution is 5.80. The number of esters is 1. The second-order valence-corrected chi connectivity index (χ2v) is 9.68. The maximum Gasteiger partial charge on any atom is 0.317 e. The van der Waals surface area contributed by atoms with E-state index in [0.717, 1.165) is 24.9 Å². The monoisotopic (exact) mass is 408 g/mol. The Labute approximate surface area is 181 Å². The number of azo groups is 1. The van der Waals surface area contributed by atoms with Crippen LogP contribution in [-0.2, 0) is 4.79 Å². The lowest BCUT2D eigenvalue weighted by atomic mass is 9.58. The van der Waals surface area contributed by atoms with Crippen LogP contribution < -0.4 is 4.74 Å². The van der Waals surface area contributed by atoms with Crippen molar-refractivity contribution in [3.63, 3.8) is 0 Å². The molecule has 0 aliphatic rings. The first-order valence-corrected chi connectivity index (χ1v) is 10.8. The number of benzene rings is 2. The van der Waals surface area contributed by atoms with Crippen molar-refractivity contribution in [3.05, 3.63) is 54.6 Å². The third-order valence-electron chi connectivity index (χ3n) is 6.70. The number of rotatable bonds is 9. The van der Waals surface area contributed by atoms with Gasteiger partial charge in [0, 0.05) is 0 Å². The van der Waals surface area contributed by atoms with Crippen molar-refractivity contribution in [3.8, 4) is 5.75 Å². The Kier molecular flexibility index (Phi) is 7.57. The molecule has 2 aromatic rings. The average Bonchev–Trinajstić information content (AvgIpc) is 2.73. The highest BCUT2D eigenvalue weighted by Crippen LogP contribution is 2.50. The van der Waals surface area contributed by atoms with Gasteiger partial charge in [0.15, 0.2) is 0 Å². The lowest BCUT2D eigenvalue weighted by molar-refractivity contribution is -0.156. The Morgan fingerprint density at radius 2 is 1.33 bits per heavy atom. The number of hydrogen-bond acceptors (Lipinski definition) is 4. The van der Waals surface area contributed by atoms with Crippen LogP contribution in [0.2, 0.25) is 0 Å². The van der Waals surface area contributed by atoms with Gasteiger partial charge in [-0.25, -0.2) is 0 Å². The van der Waals surface area contributed by atoms with Crippen LogP contribution in [0.15, 0.2) is 64.8 Å². The molecule has 0 heterocycles. The van der Waals surface area contributed by atoms with Crippen molar-refractivity contribution in [2.45, 2.75) is 67.7 Å². The molecule has 2 rings (SSSR count). The highest BCUT2D eigenvalue weighted by atomic mass is 16.5. The van der Waals surface area contributed by atoms with E-state index in [0.29, 0.717) is 11.4 Å². The molecule has 0 bridgehead atoms. The third-order valence-corrected chi connectivity index (χ3v) is 6.70. The smallest absolute Gasteiger partial charge is 0.317 e. The van der Waals surface area contributed by atoms with Crippen LogP contribution in [0.4, 0.5) is 11.4 Å². The van der Waals surface area contributed by atoms with Gasteiger partial charge >= 0.3 is 5.97 Å². The van der Waals surface area contributed by atoms with Crippen LogP contribution in [0.3, 0.4) is 0 Å². The molecule has 0 aromatic heterocycles. The Morgan fingerprint density at radius 1 is 0.800 bits per heavy atom. The number of carbonyl (C=O) groups is 1. The van der Waals surface area contributed by atoms with E-state index >= 15 is 0 Å². The summed E-state index contributed by atoms with van der Waals surface area (Å²) in [5.41, 5.74) is 0.793. The van der Waals surface area contributed by atoms with Gasteiger partial charge in [-0.1, -0.05) is 66.2 Å². The quantitative estimate of drug-likeness (QED) is 0.238. The molecule has 0 N–H and O–H groups in total. The van der Waals surface area contributed by atoms with Crippen LogP contribution in [0.5, 0.6) is 5.75 Å². The largest absolute Gasteiger partial charge is 0.426 e. The normalized spacial score (nSPS) is 14.5. The van der Waals surface area contributed by atoms with Gasteiger partial charge in [-0.2, -0.15) is 10.2 Å². The first kappa shape index (κ1) is 23.8. The molecule has 162 valence electrons. The molecule has 1 atom stereocenters. The number of ether oxygens (including phenoxy) is 1. The van der Waals surface area contributed by atoms with Crippen molar-refractivity contribution >= 4 is 17.3 Å². The molecule has 30 heavy (non-hydrogen) atoms. The molecule has 4 nitrogen and oxygen atoms in total. The second kappa shape index (κ2) is 9.55. The van der Waals surface area contributed by atoms with Crippen LogP contribution in [0.1, 0.15) is 67.7 Å². The molecule has 0 radical (unpaired) electrons. The van der Waals surface area contributed by atoms with Gasteiger partial charge < -0.3 is 4.74 Å². The molecule has 0 spiro atoms. The molecule has 0 saturated heterocycles. The van der Waals surface area contributed by atoms with Crippen LogP contribution in [0, 0.1) is 16.2 Å². The summed E-state index contributed by atoms with van der Waals surface area (Å²) in [6, 6.07) is 16.8. The maximum atomic E-state index is 13.4. The first-order chi connectivity index (χ1) is 14.0. The van der Waals surface area contributed by atoms with E-state index in [1.165, 1.54) is 0 Å². The summed E-state index contributed by atoms with van der Waals surface area (Å²) in [4.78, 5) is 13.4. The molecule has 0 aliphatic carbocycles. The average molecular weight is 409 g/mol. The van der Waals surface area contributed by atoms with Crippen molar-refractivity contribution in [2.24, 2.45) is 26.5 Å². The fourth-order valence-corrected chi connectivity index (χ4v) is 3.47. The Bertz CT molecular complexity index is 854. The first-order valence-electron chi connectivity index (χ1n) is 10.8. The summed E-state index contributed by atoms with van der Waals surface area (Å²) >= 11 is 0. The van der Waals surface area contributed by atoms with Crippen molar-refractivity contribution in [1.82, 2.24) is 0 Å². The summed E-state index contributed by atoms with van der Waals surface area (Å²) in [6.45, 7) is 15.1. The van der Waals surface area contributed by atoms with Crippen molar-refractivity contribution in [2.75, 3.05) is 0 Å². The number of nitrogens with zero attached hydrogens (tertiary/aromatic N) is 2. The summed E-state index contributed by atoms with van der Waals surface area (Å²) in [7, 11) is 0. The van der Waals surface area contributed by atoms with E-state index in [4.69, 9.17) is 4.74 Å². The molecule has 0 fully saturated rings. The molecular weight excluding hydrogens is 372 g/mol. The Morgan fingerprint density at radius 3 is 1.83 bits per heavy atom. The topological polar surface area (TPSA) is 51.0 Å². The minimum Gasteiger partial charge on any atom is -0.426 e. The lowest BCUT2D eigenvalue weighted by Gasteiger charge is -2.45. The molecule has 0 saturated carbocycles. The molecule has 1 unspecified atom stereocenters. The molecule has 4 heteroatoms. The van der Waals surface area contributed by atoms with Gasteiger partial charge in [0.05, 0.1) is 16.8 Å². The summed E-state index contributed by atoms with van der Waals surface area (Å²) in [5, 5.41) is 8.46. The molecule has 0 amide bonds. The number of carbonyl (C=O) groups excluding carboxylic acids is 1. The maximum absolute atomic E-state index is 13.4. The molecule has 2 aromatic carbocycles. The summed E-state index contributed by atoms with van der Waals surface area (Å²) < 4.78 is 5.86. The van der Waals surface area contributed by atoms with Gasteiger partial charge in [-0.15, -0.1) is 0 Å². The van der Waals surface area contributed by atoms with Gasteiger partial charge in [0.2, 0.25) is 0 Å². The zero-order valence-electron chi connectivity index (χ0n) is 19.5. The van der Waals surface area contributed by atoms with Gasteiger partial charge in [0.1, 0.15) is 5.75 Å². The van der Waals surface area contributed by atoms with E-state index in [-0.39, 0.29) is 16.8 Å².